The average molecular weight is 232 g/mol. The molecule has 1 aliphatic rings. The first-order valence-electron chi connectivity index (χ1n) is 6.83. The van der Waals surface area contributed by atoms with Gasteiger partial charge in [0.2, 0.25) is 0 Å². The second-order valence-corrected chi connectivity index (χ2v) is 5.03. The van der Waals surface area contributed by atoms with Gasteiger partial charge in [-0.25, -0.2) is 0 Å². The number of hydrogen-bond acceptors (Lipinski definition) is 2. The van der Waals surface area contributed by atoms with Crippen molar-refractivity contribution in [3.8, 4) is 0 Å². The molecular formula is C15H24N2. The van der Waals surface area contributed by atoms with Crippen LogP contribution < -0.4 is 5.32 Å². The molecule has 1 fully saturated rings. The van der Waals surface area contributed by atoms with Crippen LogP contribution in [-0.4, -0.2) is 37.6 Å². The molecule has 2 heteroatoms. The first kappa shape index (κ1) is 12.6. The van der Waals surface area contributed by atoms with Gasteiger partial charge in [0.05, 0.1) is 0 Å². The summed E-state index contributed by atoms with van der Waals surface area (Å²) in [6.45, 7) is 8.19. The van der Waals surface area contributed by atoms with Crippen LogP contribution in [0.15, 0.2) is 24.3 Å². The number of aryl methyl sites for hydroxylation is 1. The molecule has 2 rings (SSSR count). The minimum absolute atomic E-state index is 1.09. The molecule has 94 valence electrons. The Bertz CT molecular complexity index is 312. The van der Waals surface area contributed by atoms with Crippen molar-refractivity contribution in [2.24, 2.45) is 0 Å². The van der Waals surface area contributed by atoms with Crippen molar-refractivity contribution in [3.05, 3.63) is 35.4 Å². The number of likely N-dealkylation sites (tertiary alicyclic amines) is 1. The monoisotopic (exact) mass is 232 g/mol. The van der Waals surface area contributed by atoms with Crippen LogP contribution >= 0.6 is 0 Å². The van der Waals surface area contributed by atoms with E-state index in [4.69, 9.17) is 0 Å². The largest absolute Gasteiger partial charge is 0.315 e. The van der Waals surface area contributed by atoms with Crippen molar-refractivity contribution in [2.45, 2.75) is 26.2 Å². The minimum atomic E-state index is 1.09. The third-order valence-electron chi connectivity index (χ3n) is 3.51. The molecule has 2 nitrogen and oxygen atoms in total. The van der Waals surface area contributed by atoms with Crippen molar-refractivity contribution in [1.82, 2.24) is 10.2 Å². The second kappa shape index (κ2) is 6.77. The van der Waals surface area contributed by atoms with Gasteiger partial charge in [-0.05, 0) is 51.4 Å². The van der Waals surface area contributed by atoms with Crippen molar-refractivity contribution in [1.29, 1.82) is 0 Å². The minimum Gasteiger partial charge on any atom is -0.315 e. The molecule has 0 aliphatic carbocycles. The molecule has 0 unspecified atom stereocenters. The molecule has 1 aromatic carbocycles. The van der Waals surface area contributed by atoms with Crippen LogP contribution in [-0.2, 0) is 6.42 Å². The Labute approximate surface area is 105 Å². The number of nitrogens with zero attached hydrogens (tertiary/aromatic N) is 1. The Morgan fingerprint density at radius 1 is 1.06 bits per heavy atom. The van der Waals surface area contributed by atoms with E-state index in [1.165, 1.54) is 43.6 Å². The maximum atomic E-state index is 3.53. The molecule has 0 amide bonds. The number of nitrogens with one attached hydrogen (secondary N) is 1. The first-order valence-corrected chi connectivity index (χ1v) is 6.83. The molecule has 0 bridgehead atoms. The second-order valence-electron chi connectivity index (χ2n) is 5.03. The SMILES string of the molecule is Cc1ccc(CCNCCN2CCCC2)cc1. The standard InChI is InChI=1S/C15H24N2/c1-14-4-6-15(7-5-14)8-9-16-10-13-17-11-2-3-12-17/h4-7,16H,2-3,8-13H2,1H3. The van der Waals surface area contributed by atoms with Crippen molar-refractivity contribution in [2.75, 3.05) is 32.7 Å². The van der Waals surface area contributed by atoms with Crippen LogP contribution in [0.3, 0.4) is 0 Å². The van der Waals surface area contributed by atoms with Gasteiger partial charge in [0.15, 0.2) is 0 Å². The average Bonchev–Trinajstić information content (AvgIpc) is 2.84. The molecule has 0 aromatic heterocycles. The van der Waals surface area contributed by atoms with Gasteiger partial charge in [-0.2, -0.15) is 0 Å². The summed E-state index contributed by atoms with van der Waals surface area (Å²) in [6, 6.07) is 8.86. The molecule has 17 heavy (non-hydrogen) atoms. The van der Waals surface area contributed by atoms with Gasteiger partial charge in [-0.15, -0.1) is 0 Å². The molecule has 0 spiro atoms. The molecule has 1 saturated heterocycles. The maximum absolute atomic E-state index is 3.53. The number of hydrogen-bond donors (Lipinski definition) is 1. The zero-order chi connectivity index (χ0) is 11.9. The van der Waals surface area contributed by atoms with E-state index in [1.807, 2.05) is 0 Å². The summed E-state index contributed by atoms with van der Waals surface area (Å²) in [5.74, 6) is 0. The maximum Gasteiger partial charge on any atom is 0.0107 e. The molecule has 1 aromatic rings. The zero-order valence-corrected chi connectivity index (χ0v) is 10.9. The van der Waals surface area contributed by atoms with E-state index in [1.54, 1.807) is 0 Å². The van der Waals surface area contributed by atoms with Crippen LogP contribution in [0.25, 0.3) is 0 Å². The number of benzene rings is 1. The molecule has 0 atom stereocenters. The van der Waals surface area contributed by atoms with Crippen LogP contribution in [0, 0.1) is 6.92 Å². The van der Waals surface area contributed by atoms with E-state index in [2.05, 4.69) is 41.4 Å². The quantitative estimate of drug-likeness (QED) is 0.757. The smallest absolute Gasteiger partial charge is 0.0107 e. The highest BCUT2D eigenvalue weighted by atomic mass is 15.1. The van der Waals surface area contributed by atoms with Gasteiger partial charge in [-0.1, -0.05) is 29.8 Å². The molecule has 1 aliphatic heterocycles. The van der Waals surface area contributed by atoms with Gasteiger partial charge < -0.3 is 10.2 Å². The predicted molar refractivity (Wildman–Crippen MR) is 73.4 cm³/mol. The van der Waals surface area contributed by atoms with Gasteiger partial charge in [-0.3, -0.25) is 0 Å². The summed E-state index contributed by atoms with van der Waals surface area (Å²) < 4.78 is 0. The van der Waals surface area contributed by atoms with E-state index in [9.17, 15) is 0 Å². The Morgan fingerprint density at radius 2 is 1.76 bits per heavy atom. The molecule has 1 heterocycles. The summed E-state index contributed by atoms with van der Waals surface area (Å²) in [4.78, 5) is 2.55. The lowest BCUT2D eigenvalue weighted by molar-refractivity contribution is 0.336. The molecule has 0 saturated carbocycles. The lowest BCUT2D eigenvalue weighted by Gasteiger charge is -2.14. The third-order valence-corrected chi connectivity index (χ3v) is 3.51. The van der Waals surface area contributed by atoms with E-state index >= 15 is 0 Å². The molecular weight excluding hydrogens is 208 g/mol. The summed E-state index contributed by atoms with van der Waals surface area (Å²) >= 11 is 0. The van der Waals surface area contributed by atoms with Crippen LogP contribution in [0.1, 0.15) is 24.0 Å². The summed E-state index contributed by atoms with van der Waals surface area (Å²) in [6.07, 6.45) is 3.92. The fraction of sp³-hybridized carbons (Fsp3) is 0.600. The zero-order valence-electron chi connectivity index (χ0n) is 10.9. The van der Waals surface area contributed by atoms with Gasteiger partial charge in [0.1, 0.15) is 0 Å². The summed E-state index contributed by atoms with van der Waals surface area (Å²) in [5, 5.41) is 3.53. The lowest BCUT2D eigenvalue weighted by atomic mass is 10.1. The van der Waals surface area contributed by atoms with Gasteiger partial charge in [0.25, 0.3) is 0 Å². The summed E-state index contributed by atoms with van der Waals surface area (Å²) in [5.41, 5.74) is 2.78. The molecule has 0 radical (unpaired) electrons. The third kappa shape index (κ3) is 4.49. The highest BCUT2D eigenvalue weighted by Gasteiger charge is 2.09. The fourth-order valence-corrected chi connectivity index (χ4v) is 2.36. The highest BCUT2D eigenvalue weighted by molar-refractivity contribution is 5.21. The van der Waals surface area contributed by atoms with Gasteiger partial charge in [0, 0.05) is 13.1 Å². The normalized spacial score (nSPS) is 16.5. The Hall–Kier alpha value is -0.860. The van der Waals surface area contributed by atoms with E-state index in [0.29, 0.717) is 0 Å². The Kier molecular flexibility index (Phi) is 5.02. The van der Waals surface area contributed by atoms with E-state index in [0.717, 1.165) is 19.5 Å². The highest BCUT2D eigenvalue weighted by Crippen LogP contribution is 2.05. The molecule has 1 N–H and O–H groups in total. The van der Waals surface area contributed by atoms with Gasteiger partial charge >= 0.3 is 0 Å². The predicted octanol–water partition coefficient (Wildman–Crippen LogP) is 2.22. The van der Waals surface area contributed by atoms with E-state index < -0.39 is 0 Å². The number of rotatable bonds is 6. The topological polar surface area (TPSA) is 15.3 Å². The van der Waals surface area contributed by atoms with Crippen LogP contribution in [0.5, 0.6) is 0 Å². The van der Waals surface area contributed by atoms with Crippen molar-refractivity contribution < 1.29 is 0 Å². The Morgan fingerprint density at radius 3 is 2.47 bits per heavy atom. The fourth-order valence-electron chi connectivity index (χ4n) is 2.36. The van der Waals surface area contributed by atoms with E-state index in [-0.39, 0.29) is 0 Å². The van der Waals surface area contributed by atoms with Crippen LogP contribution in [0.2, 0.25) is 0 Å². The first-order chi connectivity index (χ1) is 8.34. The van der Waals surface area contributed by atoms with Crippen molar-refractivity contribution >= 4 is 0 Å². The van der Waals surface area contributed by atoms with Crippen molar-refractivity contribution in [3.63, 3.8) is 0 Å². The lowest BCUT2D eigenvalue weighted by Crippen LogP contribution is -2.30. The summed E-state index contributed by atoms with van der Waals surface area (Å²) in [7, 11) is 0. The van der Waals surface area contributed by atoms with Crippen LogP contribution in [0.4, 0.5) is 0 Å². The Balaban J connectivity index is 1.55.